The lowest BCUT2D eigenvalue weighted by molar-refractivity contribution is 0.673. The van der Waals surface area contributed by atoms with E-state index in [1.807, 2.05) is 36.4 Å². The van der Waals surface area contributed by atoms with E-state index in [-0.39, 0.29) is 0 Å². The molecule has 0 bridgehead atoms. The van der Waals surface area contributed by atoms with Gasteiger partial charge in [0.2, 0.25) is 0 Å². The van der Waals surface area contributed by atoms with Gasteiger partial charge in [-0.1, -0.05) is 121 Å². The summed E-state index contributed by atoms with van der Waals surface area (Å²) in [6, 6.07) is 61.5. The molecule has 11 aromatic rings. The molecule has 0 aliphatic rings. The summed E-state index contributed by atoms with van der Waals surface area (Å²) in [5.74, 6) is 0. The number of aromatic nitrogens is 2. The van der Waals surface area contributed by atoms with Crippen LogP contribution in [0.5, 0.6) is 0 Å². The van der Waals surface area contributed by atoms with Crippen LogP contribution in [-0.4, -0.2) is 9.55 Å². The Hall–Kier alpha value is -7.48. The van der Waals surface area contributed by atoms with E-state index in [2.05, 4.69) is 149 Å². The van der Waals surface area contributed by atoms with E-state index in [4.69, 9.17) is 16.0 Å². The van der Waals surface area contributed by atoms with Gasteiger partial charge in [0.1, 0.15) is 11.2 Å². The summed E-state index contributed by atoms with van der Waals surface area (Å²) in [6.07, 6.45) is 0. The van der Waals surface area contributed by atoms with Crippen LogP contribution in [0.25, 0.3) is 109 Å². The van der Waals surface area contributed by atoms with Crippen LogP contribution in [0, 0.1) is 6.57 Å². The van der Waals surface area contributed by atoms with E-state index in [9.17, 15) is 0 Å². The number of furan rings is 1. The fourth-order valence-electron chi connectivity index (χ4n) is 8.26. The first-order valence-corrected chi connectivity index (χ1v) is 18.1. The van der Waals surface area contributed by atoms with Crippen LogP contribution in [0.2, 0.25) is 0 Å². The molecule has 0 atom stereocenters. The van der Waals surface area contributed by atoms with Crippen LogP contribution >= 0.6 is 0 Å². The fraction of sp³-hybridized carbons (Fsp3) is 0. The smallest absolute Gasteiger partial charge is 0.189 e. The monoisotopic (exact) mass is 687 g/mol. The van der Waals surface area contributed by atoms with Gasteiger partial charge in [-0.05, 0) is 76.9 Å². The lowest BCUT2D eigenvalue weighted by Gasteiger charge is -2.13. The summed E-state index contributed by atoms with van der Waals surface area (Å²) in [5, 5.41) is 7.72. The third-order valence-electron chi connectivity index (χ3n) is 10.8. The molecule has 0 saturated carbocycles. The Kier molecular flexibility index (Phi) is 6.58. The topological polar surface area (TPSA) is 35.3 Å². The van der Waals surface area contributed by atoms with Gasteiger partial charge in [-0.25, -0.2) is 9.83 Å². The molecular formula is C50H29N3O. The Bertz CT molecular complexity index is 3330. The summed E-state index contributed by atoms with van der Waals surface area (Å²) >= 11 is 0. The minimum atomic E-state index is 0.631. The molecule has 0 N–H and O–H groups in total. The lowest BCUT2D eigenvalue weighted by atomic mass is 9.94. The van der Waals surface area contributed by atoms with Gasteiger partial charge in [-0.2, -0.15) is 0 Å². The second kappa shape index (κ2) is 11.8. The van der Waals surface area contributed by atoms with Crippen LogP contribution < -0.4 is 0 Å². The standard InChI is InChI=1S/C50H29N3O/c1-51-36-21-23-38-43-28-34(20-26-45(43)53(46(38)30-36)37-15-6-3-7-16-37)32-13-10-14-33(27-32)35-19-22-41-44(29-35)52-49(31-11-4-2-5-12-31)42-25-24-40-39-17-8-9-18-47(39)54-50(40)48(41)42/h2-30H. The molecule has 0 aliphatic heterocycles. The molecule has 4 heteroatoms. The van der Waals surface area contributed by atoms with Gasteiger partial charge >= 0.3 is 0 Å². The normalized spacial score (nSPS) is 11.7. The van der Waals surface area contributed by atoms with Crippen molar-refractivity contribution in [2.24, 2.45) is 0 Å². The third kappa shape index (κ3) is 4.59. The highest BCUT2D eigenvalue weighted by atomic mass is 16.3. The van der Waals surface area contributed by atoms with Crippen molar-refractivity contribution in [1.82, 2.24) is 9.55 Å². The molecule has 0 spiro atoms. The summed E-state index contributed by atoms with van der Waals surface area (Å²) in [7, 11) is 0. The number of hydrogen-bond acceptors (Lipinski definition) is 2. The number of rotatable bonds is 4. The van der Waals surface area contributed by atoms with Gasteiger partial charge in [-0.3, -0.25) is 0 Å². The first kappa shape index (κ1) is 30.2. The molecule has 3 aromatic heterocycles. The second-order valence-corrected chi connectivity index (χ2v) is 13.8. The lowest BCUT2D eigenvalue weighted by Crippen LogP contribution is -1.93. The van der Waals surface area contributed by atoms with Gasteiger partial charge in [-0.15, -0.1) is 0 Å². The van der Waals surface area contributed by atoms with Gasteiger partial charge in [0.05, 0.1) is 23.3 Å². The van der Waals surface area contributed by atoms with Crippen LogP contribution in [-0.2, 0) is 0 Å². The van der Waals surface area contributed by atoms with Crippen LogP contribution in [0.1, 0.15) is 0 Å². The van der Waals surface area contributed by atoms with Crippen molar-refractivity contribution in [2.75, 3.05) is 0 Å². The van der Waals surface area contributed by atoms with Gasteiger partial charge in [0.15, 0.2) is 5.69 Å². The van der Waals surface area contributed by atoms with E-state index in [0.717, 1.165) is 105 Å². The van der Waals surface area contributed by atoms with Crippen molar-refractivity contribution in [2.45, 2.75) is 0 Å². The van der Waals surface area contributed by atoms with E-state index < -0.39 is 0 Å². The van der Waals surface area contributed by atoms with E-state index in [0.29, 0.717) is 5.69 Å². The summed E-state index contributed by atoms with van der Waals surface area (Å²) in [4.78, 5) is 9.07. The van der Waals surface area contributed by atoms with Crippen molar-refractivity contribution in [1.29, 1.82) is 0 Å². The summed E-state index contributed by atoms with van der Waals surface area (Å²) in [6.45, 7) is 7.66. The molecule has 0 fully saturated rings. The van der Waals surface area contributed by atoms with Crippen LogP contribution in [0.4, 0.5) is 5.69 Å². The summed E-state index contributed by atoms with van der Waals surface area (Å²) in [5.41, 5.74) is 13.0. The largest absolute Gasteiger partial charge is 0.455 e. The maximum atomic E-state index is 7.66. The maximum absolute atomic E-state index is 7.66. The Morgan fingerprint density at radius 2 is 1.13 bits per heavy atom. The zero-order valence-corrected chi connectivity index (χ0v) is 29.0. The Morgan fingerprint density at radius 3 is 1.96 bits per heavy atom. The van der Waals surface area contributed by atoms with Gasteiger partial charge in [0, 0.05) is 54.5 Å². The molecular weight excluding hydrogens is 659 g/mol. The average Bonchev–Trinajstić information content (AvgIpc) is 3.79. The van der Waals surface area contributed by atoms with E-state index in [1.54, 1.807) is 0 Å². The van der Waals surface area contributed by atoms with E-state index >= 15 is 0 Å². The van der Waals surface area contributed by atoms with Gasteiger partial charge < -0.3 is 8.98 Å². The zero-order valence-electron chi connectivity index (χ0n) is 29.0. The first-order chi connectivity index (χ1) is 26.7. The minimum Gasteiger partial charge on any atom is -0.455 e. The second-order valence-electron chi connectivity index (χ2n) is 13.8. The van der Waals surface area contributed by atoms with Crippen molar-refractivity contribution in [3.8, 4) is 39.2 Å². The highest BCUT2D eigenvalue weighted by Crippen LogP contribution is 2.42. The van der Waals surface area contributed by atoms with Crippen molar-refractivity contribution in [3.05, 3.63) is 187 Å². The van der Waals surface area contributed by atoms with Crippen LogP contribution in [0.15, 0.2) is 180 Å². The van der Waals surface area contributed by atoms with Crippen molar-refractivity contribution >= 4 is 71.1 Å². The van der Waals surface area contributed by atoms with Crippen LogP contribution in [0.3, 0.4) is 0 Å². The average molecular weight is 688 g/mol. The molecule has 4 nitrogen and oxygen atoms in total. The number of pyridine rings is 1. The number of benzene rings is 8. The maximum Gasteiger partial charge on any atom is 0.189 e. The minimum absolute atomic E-state index is 0.631. The summed E-state index contributed by atoms with van der Waals surface area (Å²) < 4.78 is 8.86. The molecule has 0 unspecified atom stereocenters. The SMILES string of the molecule is [C-]#[N+]c1ccc2c3cc(-c4cccc(-c5ccc6c(c5)nc(-c5ccccc5)c5ccc7c8ccccc8oc7c56)c4)ccc3n(-c3ccccc3)c2c1. The number of nitrogens with zero attached hydrogens (tertiary/aromatic N) is 3. The number of hydrogen-bond donors (Lipinski definition) is 0. The molecule has 11 rings (SSSR count). The Labute approximate surface area is 310 Å². The molecule has 0 amide bonds. The Morgan fingerprint density at radius 1 is 0.463 bits per heavy atom. The predicted octanol–water partition coefficient (Wildman–Crippen LogP) is 13.9. The molecule has 0 aliphatic carbocycles. The fourth-order valence-corrected chi connectivity index (χ4v) is 8.26. The molecule has 8 aromatic carbocycles. The third-order valence-corrected chi connectivity index (χ3v) is 10.8. The molecule has 54 heavy (non-hydrogen) atoms. The molecule has 250 valence electrons. The van der Waals surface area contributed by atoms with Crippen molar-refractivity contribution in [3.63, 3.8) is 0 Å². The zero-order chi connectivity index (χ0) is 35.8. The molecule has 0 radical (unpaired) electrons. The van der Waals surface area contributed by atoms with E-state index in [1.165, 1.54) is 0 Å². The predicted molar refractivity (Wildman–Crippen MR) is 223 cm³/mol. The Balaban J connectivity index is 1.08. The first-order valence-electron chi connectivity index (χ1n) is 18.1. The molecule has 3 heterocycles. The number of para-hydroxylation sites is 2. The van der Waals surface area contributed by atoms with Gasteiger partial charge in [0.25, 0.3) is 0 Å². The van der Waals surface area contributed by atoms with Crippen molar-refractivity contribution < 1.29 is 4.42 Å². The number of fused-ring (bicyclic) bond motifs is 10. The highest BCUT2D eigenvalue weighted by Gasteiger charge is 2.18. The quantitative estimate of drug-likeness (QED) is 0.136. The highest BCUT2D eigenvalue weighted by molar-refractivity contribution is 6.25. The molecule has 0 saturated heterocycles.